The van der Waals surface area contributed by atoms with Crippen LogP contribution in [-0.4, -0.2) is 79.1 Å². The Morgan fingerprint density at radius 1 is 0.825 bits per heavy atom. The molecule has 0 bridgehead atoms. The summed E-state index contributed by atoms with van der Waals surface area (Å²) in [5.41, 5.74) is 26.7. The van der Waals surface area contributed by atoms with E-state index in [1.807, 2.05) is 60.7 Å². The average Bonchev–Trinajstić information content (AvgIpc) is 2.96. The molecule has 2 aromatic carbocycles. The van der Waals surface area contributed by atoms with E-state index in [0.717, 1.165) is 59.1 Å². The van der Waals surface area contributed by atoms with Crippen LogP contribution in [0.5, 0.6) is 0 Å². The SMILES string of the molecule is NCC[N+](CCN)(CCN)CCC[C@H](N)C(=O)N[C@@H](CCc1ccccc1)C(=O)Cc1cnc2ccccc2c1. The van der Waals surface area contributed by atoms with Crippen LogP contribution in [0.25, 0.3) is 10.9 Å². The summed E-state index contributed by atoms with van der Waals surface area (Å²) < 4.78 is 0.732. The highest BCUT2D eigenvalue weighted by Gasteiger charge is 2.27. The number of amides is 1. The van der Waals surface area contributed by atoms with Gasteiger partial charge >= 0.3 is 0 Å². The summed E-state index contributed by atoms with van der Waals surface area (Å²) in [6.45, 7) is 4.80. The lowest BCUT2D eigenvalue weighted by Crippen LogP contribution is -2.56. The lowest BCUT2D eigenvalue weighted by Gasteiger charge is -2.38. The van der Waals surface area contributed by atoms with Gasteiger partial charge in [-0.05, 0) is 48.9 Å². The summed E-state index contributed by atoms with van der Waals surface area (Å²) >= 11 is 0. The first-order chi connectivity index (χ1) is 19.4. The van der Waals surface area contributed by atoms with Crippen molar-refractivity contribution in [2.75, 3.05) is 45.8 Å². The van der Waals surface area contributed by atoms with E-state index < -0.39 is 12.1 Å². The minimum atomic E-state index is -0.718. The molecule has 1 amide bonds. The van der Waals surface area contributed by atoms with Gasteiger partial charge in [0.25, 0.3) is 0 Å². The van der Waals surface area contributed by atoms with Crippen molar-refractivity contribution in [3.05, 3.63) is 78.0 Å². The third-order valence-electron chi connectivity index (χ3n) is 7.59. The zero-order valence-electron chi connectivity index (χ0n) is 23.5. The van der Waals surface area contributed by atoms with E-state index in [2.05, 4.69) is 10.3 Å². The molecule has 40 heavy (non-hydrogen) atoms. The number of nitrogens with two attached hydrogens (primary N) is 4. The Kier molecular flexibility index (Phi) is 12.6. The van der Waals surface area contributed by atoms with Crippen molar-refractivity contribution < 1.29 is 14.1 Å². The molecule has 0 unspecified atom stereocenters. The highest BCUT2D eigenvalue weighted by atomic mass is 16.2. The zero-order valence-corrected chi connectivity index (χ0v) is 23.5. The maximum Gasteiger partial charge on any atom is 0.237 e. The van der Waals surface area contributed by atoms with E-state index >= 15 is 0 Å². The number of carbonyl (C=O) groups is 2. The molecule has 0 aliphatic heterocycles. The van der Waals surface area contributed by atoms with Crippen LogP contribution in [0.3, 0.4) is 0 Å². The summed E-state index contributed by atoms with van der Waals surface area (Å²) in [5, 5.41) is 3.95. The molecule has 2 atom stereocenters. The maximum atomic E-state index is 13.5. The number of aromatic nitrogens is 1. The Balaban J connectivity index is 1.64. The Labute approximate surface area is 237 Å². The van der Waals surface area contributed by atoms with Gasteiger partial charge in [0.15, 0.2) is 5.78 Å². The van der Waals surface area contributed by atoms with Crippen molar-refractivity contribution in [3.8, 4) is 0 Å². The molecule has 9 N–H and O–H groups in total. The summed E-state index contributed by atoms with van der Waals surface area (Å²) in [6, 6.07) is 18.4. The van der Waals surface area contributed by atoms with E-state index in [1.165, 1.54) is 0 Å². The van der Waals surface area contributed by atoms with Crippen molar-refractivity contribution >= 4 is 22.6 Å². The predicted molar refractivity (Wildman–Crippen MR) is 161 cm³/mol. The van der Waals surface area contributed by atoms with Gasteiger partial charge in [-0.15, -0.1) is 0 Å². The van der Waals surface area contributed by atoms with Crippen LogP contribution >= 0.6 is 0 Å². The van der Waals surface area contributed by atoms with Crippen LogP contribution in [-0.2, 0) is 22.4 Å². The molecule has 3 rings (SSSR count). The molecule has 3 aromatic rings. The fourth-order valence-corrected chi connectivity index (χ4v) is 5.36. The smallest absolute Gasteiger partial charge is 0.237 e. The van der Waals surface area contributed by atoms with Gasteiger partial charge in [0, 0.05) is 37.6 Å². The van der Waals surface area contributed by atoms with Crippen molar-refractivity contribution in [2.24, 2.45) is 22.9 Å². The first kappa shape index (κ1) is 31.3. The minimum absolute atomic E-state index is 0.0573. The number of hydrogen-bond acceptors (Lipinski definition) is 7. The van der Waals surface area contributed by atoms with Gasteiger partial charge < -0.3 is 32.7 Å². The normalized spacial score (nSPS) is 13.2. The molecule has 1 heterocycles. The number of carbonyl (C=O) groups excluding carboxylic acids is 2. The number of nitrogens with zero attached hydrogens (tertiary/aromatic N) is 2. The molecule has 0 fully saturated rings. The highest BCUT2D eigenvalue weighted by molar-refractivity contribution is 5.92. The number of Topliss-reactive ketones (excluding diaryl/α,β-unsaturated/α-hetero) is 1. The third-order valence-corrected chi connectivity index (χ3v) is 7.59. The topological polar surface area (TPSA) is 163 Å². The highest BCUT2D eigenvalue weighted by Crippen LogP contribution is 2.15. The number of fused-ring (bicyclic) bond motifs is 1. The first-order valence-corrected chi connectivity index (χ1v) is 14.3. The lowest BCUT2D eigenvalue weighted by atomic mass is 9.97. The van der Waals surface area contributed by atoms with Crippen LogP contribution in [0.2, 0.25) is 0 Å². The van der Waals surface area contributed by atoms with Gasteiger partial charge in [0.1, 0.15) is 0 Å². The van der Waals surface area contributed by atoms with Gasteiger partial charge in [-0.3, -0.25) is 14.6 Å². The van der Waals surface area contributed by atoms with Gasteiger partial charge in [0.2, 0.25) is 5.91 Å². The second kappa shape index (κ2) is 16.2. The molecule has 0 aliphatic rings. The van der Waals surface area contributed by atoms with Crippen molar-refractivity contribution in [2.45, 2.75) is 44.2 Å². The second-order valence-corrected chi connectivity index (χ2v) is 10.6. The third kappa shape index (κ3) is 9.46. The number of nitrogens with one attached hydrogen (secondary N) is 1. The van der Waals surface area contributed by atoms with Gasteiger partial charge in [-0.2, -0.15) is 0 Å². The summed E-state index contributed by atoms with van der Waals surface area (Å²) in [6.07, 6.45) is 4.31. The van der Waals surface area contributed by atoms with Crippen molar-refractivity contribution in [3.63, 3.8) is 0 Å². The number of benzene rings is 2. The molecule has 0 radical (unpaired) electrons. The molecule has 0 saturated carbocycles. The maximum absolute atomic E-state index is 13.5. The largest absolute Gasteiger partial charge is 0.345 e. The number of rotatable bonds is 18. The Morgan fingerprint density at radius 2 is 1.48 bits per heavy atom. The molecule has 0 aliphatic carbocycles. The minimum Gasteiger partial charge on any atom is -0.345 e. The van der Waals surface area contributed by atoms with E-state index in [1.54, 1.807) is 6.20 Å². The van der Waals surface area contributed by atoms with Crippen LogP contribution in [0, 0.1) is 0 Å². The number of pyridine rings is 1. The fourth-order valence-electron chi connectivity index (χ4n) is 5.36. The fraction of sp³-hybridized carbons (Fsp3) is 0.452. The number of ketones is 1. The summed E-state index contributed by atoms with van der Waals surface area (Å²) in [7, 11) is 0. The standard InChI is InChI=1S/C31H45N7O2/c32-14-18-38(19-15-33,20-16-34)17-6-10-27(35)31(40)37-29(13-12-24-7-2-1-3-8-24)30(39)22-25-21-26-9-4-5-11-28(26)36-23-25/h1-5,7-9,11,21,23,27,29H,6,10,12-20,22,32-35H2/p+1/t27-,29-/m0/s1. The molecule has 1 aromatic heterocycles. The summed E-state index contributed by atoms with van der Waals surface area (Å²) in [5.74, 6) is -0.365. The van der Waals surface area contributed by atoms with E-state index in [4.69, 9.17) is 22.9 Å². The molecule has 0 spiro atoms. The molecule has 216 valence electrons. The van der Waals surface area contributed by atoms with Crippen LogP contribution in [0.4, 0.5) is 0 Å². The molecule has 9 nitrogen and oxygen atoms in total. The Morgan fingerprint density at radius 3 is 2.15 bits per heavy atom. The van der Waals surface area contributed by atoms with Gasteiger partial charge in [-0.1, -0.05) is 48.5 Å². The van der Waals surface area contributed by atoms with E-state index in [9.17, 15) is 9.59 Å². The zero-order chi connectivity index (χ0) is 28.8. The monoisotopic (exact) mass is 548 g/mol. The number of aryl methyl sites for hydroxylation is 1. The Hall–Kier alpha value is -3.21. The number of hydrogen-bond donors (Lipinski definition) is 5. The molecule has 0 saturated heterocycles. The van der Waals surface area contributed by atoms with Crippen molar-refractivity contribution in [1.29, 1.82) is 0 Å². The molecular formula is C31H46N7O2+. The average molecular weight is 549 g/mol. The molecular weight excluding hydrogens is 502 g/mol. The molecule has 9 heteroatoms. The van der Waals surface area contributed by atoms with Crippen LogP contribution in [0.15, 0.2) is 66.9 Å². The van der Waals surface area contributed by atoms with Gasteiger partial charge in [0.05, 0.1) is 43.8 Å². The van der Waals surface area contributed by atoms with Crippen molar-refractivity contribution in [1.82, 2.24) is 10.3 Å². The quantitative estimate of drug-likeness (QED) is 0.149. The van der Waals surface area contributed by atoms with Crippen LogP contribution in [0.1, 0.15) is 30.4 Å². The first-order valence-electron chi connectivity index (χ1n) is 14.3. The predicted octanol–water partition coefficient (Wildman–Crippen LogP) is 1.26. The second-order valence-electron chi connectivity index (χ2n) is 10.6. The lowest BCUT2D eigenvalue weighted by molar-refractivity contribution is -0.924. The number of quaternary nitrogens is 1. The van der Waals surface area contributed by atoms with Crippen LogP contribution < -0.4 is 28.3 Å². The number of para-hydroxylation sites is 1. The van der Waals surface area contributed by atoms with E-state index in [0.29, 0.717) is 38.9 Å². The van der Waals surface area contributed by atoms with E-state index in [-0.39, 0.29) is 18.1 Å². The Bertz CT molecular complexity index is 1190. The van der Waals surface area contributed by atoms with Gasteiger partial charge in [-0.25, -0.2) is 0 Å². The summed E-state index contributed by atoms with van der Waals surface area (Å²) in [4.78, 5) is 31.1.